The highest BCUT2D eigenvalue weighted by Gasteiger charge is 2.34. The molecule has 0 radical (unpaired) electrons. The zero-order valence-electron chi connectivity index (χ0n) is 15.9. The van der Waals surface area contributed by atoms with Crippen LogP contribution in [0, 0.1) is 5.92 Å². The zero-order valence-corrected chi connectivity index (χ0v) is 15.9. The van der Waals surface area contributed by atoms with Gasteiger partial charge in [0.2, 0.25) is 17.7 Å². The van der Waals surface area contributed by atoms with Gasteiger partial charge in [0.05, 0.1) is 13.0 Å². The maximum atomic E-state index is 12.5. The van der Waals surface area contributed by atoms with Crippen LogP contribution in [0.1, 0.15) is 18.9 Å². The Bertz CT molecular complexity index is 862. The molecule has 3 rings (SSSR count). The van der Waals surface area contributed by atoms with Crippen molar-refractivity contribution in [2.24, 2.45) is 5.92 Å². The molecule has 7 heteroatoms. The molecular weight excluding hydrogens is 358 g/mol. The summed E-state index contributed by atoms with van der Waals surface area (Å²) < 4.78 is 5.12. The molecule has 2 N–H and O–H groups in total. The van der Waals surface area contributed by atoms with E-state index in [1.54, 1.807) is 36.3 Å². The van der Waals surface area contributed by atoms with Crippen molar-refractivity contribution in [2.45, 2.75) is 19.9 Å². The number of rotatable bonds is 6. The van der Waals surface area contributed by atoms with Crippen LogP contribution in [0.3, 0.4) is 0 Å². The lowest BCUT2D eigenvalue weighted by Crippen LogP contribution is -2.32. The molecule has 28 heavy (non-hydrogen) atoms. The monoisotopic (exact) mass is 381 g/mol. The molecule has 1 saturated heterocycles. The van der Waals surface area contributed by atoms with Crippen LogP contribution in [0.5, 0.6) is 5.75 Å². The summed E-state index contributed by atoms with van der Waals surface area (Å²) in [6.07, 6.45) is 0.182. The third-order valence-corrected chi connectivity index (χ3v) is 4.62. The van der Waals surface area contributed by atoms with Crippen molar-refractivity contribution in [3.05, 3.63) is 54.1 Å². The van der Waals surface area contributed by atoms with Gasteiger partial charge in [-0.3, -0.25) is 14.4 Å². The smallest absolute Gasteiger partial charge is 0.227 e. The van der Waals surface area contributed by atoms with Crippen molar-refractivity contribution in [3.8, 4) is 5.75 Å². The van der Waals surface area contributed by atoms with Gasteiger partial charge in [-0.2, -0.15) is 0 Å². The summed E-state index contributed by atoms with van der Waals surface area (Å²) in [6, 6.07) is 14.5. The standard InChI is InChI=1S/C21H23N3O4/c1-14(25)23-17-5-7-18(8-6-17)24-13-16(11-20(24)26)21(27)22-12-15-3-9-19(28-2)10-4-15/h3-10,16H,11-13H2,1-2H3,(H,22,27)(H,23,25). The normalized spacial score (nSPS) is 16.0. The lowest BCUT2D eigenvalue weighted by atomic mass is 10.1. The molecule has 0 saturated carbocycles. The molecule has 0 bridgehead atoms. The van der Waals surface area contributed by atoms with E-state index in [4.69, 9.17) is 4.74 Å². The lowest BCUT2D eigenvalue weighted by Gasteiger charge is -2.17. The summed E-state index contributed by atoms with van der Waals surface area (Å²) in [5.74, 6) is -0.00518. The number of hydrogen-bond donors (Lipinski definition) is 2. The molecule has 1 atom stereocenters. The number of ether oxygens (including phenoxy) is 1. The van der Waals surface area contributed by atoms with E-state index in [9.17, 15) is 14.4 Å². The first-order valence-corrected chi connectivity index (χ1v) is 9.05. The second-order valence-corrected chi connectivity index (χ2v) is 6.70. The minimum Gasteiger partial charge on any atom is -0.497 e. The van der Waals surface area contributed by atoms with Crippen LogP contribution >= 0.6 is 0 Å². The van der Waals surface area contributed by atoms with E-state index in [1.165, 1.54) is 6.92 Å². The van der Waals surface area contributed by atoms with Crippen LogP contribution in [0.25, 0.3) is 0 Å². The number of benzene rings is 2. The minimum absolute atomic E-state index is 0.0862. The largest absolute Gasteiger partial charge is 0.497 e. The highest BCUT2D eigenvalue weighted by molar-refractivity contribution is 6.00. The molecule has 3 amide bonds. The Morgan fingerprint density at radius 2 is 1.79 bits per heavy atom. The first-order valence-electron chi connectivity index (χ1n) is 9.05. The van der Waals surface area contributed by atoms with Crippen LogP contribution in [0.2, 0.25) is 0 Å². The first-order chi connectivity index (χ1) is 13.5. The minimum atomic E-state index is -0.388. The van der Waals surface area contributed by atoms with Crippen LogP contribution in [-0.4, -0.2) is 31.4 Å². The highest BCUT2D eigenvalue weighted by atomic mass is 16.5. The second-order valence-electron chi connectivity index (χ2n) is 6.70. The number of amides is 3. The number of nitrogens with zero attached hydrogens (tertiary/aromatic N) is 1. The van der Waals surface area contributed by atoms with E-state index in [0.717, 1.165) is 11.3 Å². The topological polar surface area (TPSA) is 87.7 Å². The number of carbonyl (C=O) groups excluding carboxylic acids is 3. The number of anilines is 2. The van der Waals surface area contributed by atoms with Gasteiger partial charge in [0.1, 0.15) is 5.75 Å². The van der Waals surface area contributed by atoms with Gasteiger partial charge >= 0.3 is 0 Å². The molecule has 1 fully saturated rings. The van der Waals surface area contributed by atoms with E-state index < -0.39 is 0 Å². The number of carbonyl (C=O) groups is 3. The molecule has 146 valence electrons. The third-order valence-electron chi connectivity index (χ3n) is 4.62. The van der Waals surface area contributed by atoms with E-state index in [0.29, 0.717) is 24.5 Å². The quantitative estimate of drug-likeness (QED) is 0.804. The molecule has 1 unspecified atom stereocenters. The highest BCUT2D eigenvalue weighted by Crippen LogP contribution is 2.26. The third kappa shape index (κ3) is 4.68. The second kappa shape index (κ2) is 8.56. The summed E-state index contributed by atoms with van der Waals surface area (Å²) in [5, 5.41) is 5.58. The van der Waals surface area contributed by atoms with Crippen molar-refractivity contribution in [1.29, 1.82) is 0 Å². The maximum Gasteiger partial charge on any atom is 0.227 e. The Labute approximate surface area is 163 Å². The molecule has 2 aromatic rings. The van der Waals surface area contributed by atoms with Crippen LogP contribution in [0.4, 0.5) is 11.4 Å². The Hall–Kier alpha value is -3.35. The molecule has 0 aromatic heterocycles. The fraction of sp³-hybridized carbons (Fsp3) is 0.286. The maximum absolute atomic E-state index is 12.5. The van der Waals surface area contributed by atoms with Crippen molar-refractivity contribution in [1.82, 2.24) is 5.32 Å². The van der Waals surface area contributed by atoms with Gasteiger partial charge < -0.3 is 20.3 Å². The van der Waals surface area contributed by atoms with Gasteiger partial charge in [-0.05, 0) is 42.0 Å². The van der Waals surface area contributed by atoms with Gasteiger partial charge in [-0.1, -0.05) is 12.1 Å². The number of nitrogens with one attached hydrogen (secondary N) is 2. The molecule has 0 spiro atoms. The van der Waals surface area contributed by atoms with Gasteiger partial charge in [-0.25, -0.2) is 0 Å². The molecule has 1 aliphatic heterocycles. The van der Waals surface area contributed by atoms with Crippen molar-refractivity contribution in [3.63, 3.8) is 0 Å². The van der Waals surface area contributed by atoms with E-state index >= 15 is 0 Å². The van der Waals surface area contributed by atoms with Gasteiger partial charge in [0, 0.05) is 37.8 Å². The van der Waals surface area contributed by atoms with Crippen LogP contribution in [0.15, 0.2) is 48.5 Å². The van der Waals surface area contributed by atoms with E-state index in [2.05, 4.69) is 10.6 Å². The number of hydrogen-bond acceptors (Lipinski definition) is 4. The fourth-order valence-corrected chi connectivity index (χ4v) is 3.14. The Morgan fingerprint density at radius 3 is 2.39 bits per heavy atom. The summed E-state index contributed by atoms with van der Waals surface area (Å²) in [4.78, 5) is 37.5. The Morgan fingerprint density at radius 1 is 1.11 bits per heavy atom. The van der Waals surface area contributed by atoms with E-state index in [-0.39, 0.29) is 30.1 Å². The Kier molecular flexibility index (Phi) is 5.93. The number of methoxy groups -OCH3 is 1. The molecular formula is C21H23N3O4. The predicted octanol–water partition coefficient (Wildman–Crippen LogP) is 2.32. The SMILES string of the molecule is COc1ccc(CNC(=O)C2CC(=O)N(c3ccc(NC(C)=O)cc3)C2)cc1. The summed E-state index contributed by atoms with van der Waals surface area (Å²) in [6.45, 7) is 2.18. The Balaban J connectivity index is 1.56. The molecule has 2 aromatic carbocycles. The fourth-order valence-electron chi connectivity index (χ4n) is 3.14. The van der Waals surface area contributed by atoms with Gasteiger partial charge in [0.15, 0.2) is 0 Å². The first kappa shape index (κ1) is 19.4. The van der Waals surface area contributed by atoms with Crippen LogP contribution < -0.4 is 20.3 Å². The van der Waals surface area contributed by atoms with Crippen molar-refractivity contribution in [2.75, 3.05) is 23.9 Å². The molecule has 7 nitrogen and oxygen atoms in total. The average Bonchev–Trinajstić information content (AvgIpc) is 3.08. The molecule has 0 aliphatic carbocycles. The van der Waals surface area contributed by atoms with Gasteiger partial charge in [0.25, 0.3) is 0 Å². The van der Waals surface area contributed by atoms with Gasteiger partial charge in [-0.15, -0.1) is 0 Å². The average molecular weight is 381 g/mol. The van der Waals surface area contributed by atoms with Crippen molar-refractivity contribution >= 4 is 29.1 Å². The zero-order chi connectivity index (χ0) is 20.1. The lowest BCUT2D eigenvalue weighted by molar-refractivity contribution is -0.126. The molecule has 1 heterocycles. The summed E-state index contributed by atoms with van der Waals surface area (Å²) in [7, 11) is 1.60. The summed E-state index contributed by atoms with van der Waals surface area (Å²) in [5.41, 5.74) is 2.34. The predicted molar refractivity (Wildman–Crippen MR) is 106 cm³/mol. The summed E-state index contributed by atoms with van der Waals surface area (Å²) >= 11 is 0. The van der Waals surface area contributed by atoms with E-state index in [1.807, 2.05) is 24.3 Å². The van der Waals surface area contributed by atoms with Crippen molar-refractivity contribution < 1.29 is 19.1 Å². The van der Waals surface area contributed by atoms with Crippen LogP contribution in [-0.2, 0) is 20.9 Å². The molecule has 1 aliphatic rings.